The van der Waals surface area contributed by atoms with Gasteiger partial charge >= 0.3 is 0 Å². The van der Waals surface area contributed by atoms with Crippen molar-refractivity contribution < 1.29 is 4.52 Å². The molecule has 0 spiro atoms. The first kappa shape index (κ1) is 15.1. The molecule has 0 radical (unpaired) electrons. The first-order valence-corrected chi connectivity index (χ1v) is 9.47. The molecule has 23 heavy (non-hydrogen) atoms. The van der Waals surface area contributed by atoms with Gasteiger partial charge in [0, 0.05) is 16.2 Å². The van der Waals surface area contributed by atoms with E-state index in [1.54, 1.807) is 23.1 Å². The number of thiophene rings is 1. The molecule has 3 aromatic heterocycles. The molecule has 0 amide bonds. The van der Waals surface area contributed by atoms with Crippen molar-refractivity contribution in [1.29, 1.82) is 0 Å². The highest BCUT2D eigenvalue weighted by molar-refractivity contribution is 7.99. The zero-order valence-corrected chi connectivity index (χ0v) is 15.2. The monoisotopic (exact) mass is 346 g/mol. The summed E-state index contributed by atoms with van der Waals surface area (Å²) in [6.45, 7) is 8.30. The van der Waals surface area contributed by atoms with Crippen molar-refractivity contribution >= 4 is 33.3 Å². The molecule has 0 aromatic carbocycles. The Balaban J connectivity index is 1.68. The van der Waals surface area contributed by atoms with Crippen LogP contribution in [0.5, 0.6) is 0 Å². The molecule has 120 valence electrons. The fraction of sp³-hybridized carbons (Fsp3) is 0.500. The second kappa shape index (κ2) is 5.56. The molecule has 1 fully saturated rings. The third-order valence-electron chi connectivity index (χ3n) is 4.14. The summed E-state index contributed by atoms with van der Waals surface area (Å²) in [4.78, 5) is 16.2. The zero-order valence-electron chi connectivity index (χ0n) is 13.6. The van der Waals surface area contributed by atoms with E-state index in [0.717, 1.165) is 26.9 Å². The topological polar surface area (TPSA) is 64.7 Å². The molecule has 1 unspecified atom stereocenters. The van der Waals surface area contributed by atoms with Crippen molar-refractivity contribution in [1.82, 2.24) is 20.1 Å². The highest BCUT2D eigenvalue weighted by Crippen LogP contribution is 2.42. The molecule has 4 rings (SSSR count). The third-order valence-corrected chi connectivity index (χ3v) is 6.32. The van der Waals surface area contributed by atoms with E-state index in [-0.39, 0.29) is 5.25 Å². The van der Waals surface area contributed by atoms with Crippen molar-refractivity contribution in [2.75, 3.05) is 0 Å². The Morgan fingerprint density at radius 3 is 2.70 bits per heavy atom. The lowest BCUT2D eigenvalue weighted by molar-refractivity contribution is 0.375. The van der Waals surface area contributed by atoms with Crippen molar-refractivity contribution in [3.8, 4) is 0 Å². The van der Waals surface area contributed by atoms with E-state index >= 15 is 0 Å². The van der Waals surface area contributed by atoms with Gasteiger partial charge in [0.2, 0.25) is 5.89 Å². The lowest BCUT2D eigenvalue weighted by Crippen LogP contribution is -1.95. The molecule has 1 aliphatic carbocycles. The summed E-state index contributed by atoms with van der Waals surface area (Å²) in [7, 11) is 0. The van der Waals surface area contributed by atoms with Crippen LogP contribution in [-0.4, -0.2) is 20.1 Å². The molecule has 1 atom stereocenters. The molecular weight excluding hydrogens is 328 g/mol. The van der Waals surface area contributed by atoms with Gasteiger partial charge in [-0.1, -0.05) is 16.9 Å². The number of fused-ring (bicyclic) bond motifs is 1. The fourth-order valence-corrected chi connectivity index (χ4v) is 4.76. The maximum Gasteiger partial charge on any atom is 0.239 e. The van der Waals surface area contributed by atoms with Crippen LogP contribution in [0, 0.1) is 20.8 Å². The lowest BCUT2D eigenvalue weighted by Gasteiger charge is -2.08. The predicted octanol–water partition coefficient (Wildman–Crippen LogP) is 4.73. The summed E-state index contributed by atoms with van der Waals surface area (Å²) >= 11 is 3.40. The number of rotatable bonds is 4. The molecule has 1 saturated carbocycles. The summed E-state index contributed by atoms with van der Waals surface area (Å²) in [5.41, 5.74) is 1.27. The van der Waals surface area contributed by atoms with Gasteiger partial charge < -0.3 is 4.52 Å². The minimum atomic E-state index is 0.0760. The Hall–Kier alpha value is -1.47. The fourth-order valence-electron chi connectivity index (χ4n) is 2.54. The largest absolute Gasteiger partial charge is 0.338 e. The van der Waals surface area contributed by atoms with E-state index in [9.17, 15) is 0 Å². The van der Waals surface area contributed by atoms with Crippen LogP contribution in [0.25, 0.3) is 10.2 Å². The van der Waals surface area contributed by atoms with E-state index in [4.69, 9.17) is 4.52 Å². The summed E-state index contributed by atoms with van der Waals surface area (Å²) in [5, 5.41) is 6.36. The normalized spacial score (nSPS) is 16.2. The van der Waals surface area contributed by atoms with Crippen LogP contribution >= 0.6 is 23.1 Å². The van der Waals surface area contributed by atoms with Crippen LogP contribution in [0.3, 0.4) is 0 Å². The molecule has 3 heterocycles. The van der Waals surface area contributed by atoms with Gasteiger partial charge in [0.25, 0.3) is 0 Å². The van der Waals surface area contributed by atoms with Gasteiger partial charge in [-0.15, -0.1) is 11.3 Å². The Morgan fingerprint density at radius 1 is 1.17 bits per heavy atom. The summed E-state index contributed by atoms with van der Waals surface area (Å²) < 4.78 is 5.45. The van der Waals surface area contributed by atoms with E-state index in [1.165, 1.54) is 23.3 Å². The average Bonchev–Trinajstić information content (AvgIpc) is 3.15. The van der Waals surface area contributed by atoms with Crippen LogP contribution in [0.1, 0.15) is 58.9 Å². The molecule has 0 saturated heterocycles. The molecule has 1 aliphatic rings. The molecule has 0 N–H and O–H groups in total. The minimum Gasteiger partial charge on any atom is -0.338 e. The minimum absolute atomic E-state index is 0.0760. The van der Waals surface area contributed by atoms with Crippen LogP contribution in [-0.2, 0) is 0 Å². The molecular formula is C16H18N4OS2. The second-order valence-corrected chi connectivity index (χ2v) is 8.60. The molecule has 7 heteroatoms. The number of nitrogens with zero attached hydrogens (tertiary/aromatic N) is 4. The molecule has 5 nitrogen and oxygen atoms in total. The van der Waals surface area contributed by atoms with Gasteiger partial charge in [0.1, 0.15) is 15.7 Å². The maximum absolute atomic E-state index is 5.45. The first-order chi connectivity index (χ1) is 11.0. The Bertz CT molecular complexity index is 882. The van der Waals surface area contributed by atoms with Gasteiger partial charge in [0.05, 0.1) is 5.25 Å². The van der Waals surface area contributed by atoms with Crippen LogP contribution in [0.4, 0.5) is 0 Å². The lowest BCUT2D eigenvalue weighted by atomic mass is 10.2. The van der Waals surface area contributed by atoms with E-state index in [1.807, 2.05) is 6.92 Å². The van der Waals surface area contributed by atoms with E-state index < -0.39 is 0 Å². The van der Waals surface area contributed by atoms with E-state index in [0.29, 0.717) is 11.8 Å². The maximum atomic E-state index is 5.45. The van der Waals surface area contributed by atoms with Crippen molar-refractivity contribution in [3.05, 3.63) is 28.0 Å². The predicted molar refractivity (Wildman–Crippen MR) is 92.2 cm³/mol. The van der Waals surface area contributed by atoms with Crippen molar-refractivity contribution in [3.63, 3.8) is 0 Å². The average molecular weight is 346 g/mol. The summed E-state index contributed by atoms with van der Waals surface area (Å²) in [6, 6.07) is 0. The number of hydrogen-bond acceptors (Lipinski definition) is 7. The SMILES string of the molecule is Cc1nc(SC(C)c2nc(C3CC3)no2)c2c(C)c(C)sc2n1. The first-order valence-electron chi connectivity index (χ1n) is 7.77. The smallest absolute Gasteiger partial charge is 0.239 e. The highest BCUT2D eigenvalue weighted by atomic mass is 32.2. The molecule has 0 aliphatic heterocycles. The van der Waals surface area contributed by atoms with Gasteiger partial charge in [-0.25, -0.2) is 9.97 Å². The number of aryl methyl sites for hydroxylation is 3. The van der Waals surface area contributed by atoms with Gasteiger partial charge in [-0.05, 0) is 46.1 Å². The summed E-state index contributed by atoms with van der Waals surface area (Å²) in [5.74, 6) is 2.86. The van der Waals surface area contributed by atoms with Gasteiger partial charge in [-0.2, -0.15) is 4.98 Å². The van der Waals surface area contributed by atoms with Crippen LogP contribution < -0.4 is 0 Å². The Kier molecular flexibility index (Phi) is 3.65. The van der Waals surface area contributed by atoms with Crippen molar-refractivity contribution in [2.45, 2.75) is 56.7 Å². The van der Waals surface area contributed by atoms with Gasteiger partial charge in [-0.3, -0.25) is 0 Å². The third kappa shape index (κ3) is 2.76. The van der Waals surface area contributed by atoms with Crippen LogP contribution in [0.2, 0.25) is 0 Å². The zero-order chi connectivity index (χ0) is 16.1. The molecule has 3 aromatic rings. The van der Waals surface area contributed by atoms with E-state index in [2.05, 4.69) is 40.9 Å². The molecule has 0 bridgehead atoms. The van der Waals surface area contributed by atoms with Crippen molar-refractivity contribution in [2.24, 2.45) is 0 Å². The second-order valence-electron chi connectivity index (χ2n) is 6.06. The number of aromatic nitrogens is 4. The van der Waals surface area contributed by atoms with Crippen LogP contribution in [0.15, 0.2) is 9.55 Å². The summed E-state index contributed by atoms with van der Waals surface area (Å²) in [6.07, 6.45) is 2.36. The Morgan fingerprint density at radius 2 is 1.96 bits per heavy atom. The number of hydrogen-bond donors (Lipinski definition) is 0. The highest BCUT2D eigenvalue weighted by Gasteiger charge is 2.30. The number of thioether (sulfide) groups is 1. The quantitative estimate of drug-likeness (QED) is 0.502. The van der Waals surface area contributed by atoms with Gasteiger partial charge in [0.15, 0.2) is 5.82 Å². The Labute approximate surface area is 142 Å². The standard InChI is InChI=1S/C16H18N4OS2/c1-7-8(2)22-15-12(7)16(18-10(4)17-15)23-9(3)14-19-13(20-21-14)11-5-6-11/h9,11H,5-6H2,1-4H3.